The number of pyridine rings is 1. The summed E-state index contributed by atoms with van der Waals surface area (Å²) in [6.45, 7) is 1.34. The zero-order chi connectivity index (χ0) is 21.8. The van der Waals surface area contributed by atoms with Crippen molar-refractivity contribution in [3.05, 3.63) is 82.3 Å². The number of aryl methyl sites for hydroxylation is 2. The predicted octanol–water partition coefficient (Wildman–Crippen LogP) is 5.59. The van der Waals surface area contributed by atoms with Crippen LogP contribution in [-0.4, -0.2) is 22.6 Å². The molecule has 2 N–H and O–H groups in total. The fraction of sp³-hybridized carbons (Fsp3) is 0.250. The van der Waals surface area contributed by atoms with Crippen molar-refractivity contribution in [2.45, 2.75) is 32.2 Å². The van der Waals surface area contributed by atoms with Crippen molar-refractivity contribution in [2.75, 3.05) is 16.8 Å². The van der Waals surface area contributed by atoms with Gasteiger partial charge in [-0.3, -0.25) is 4.79 Å². The summed E-state index contributed by atoms with van der Waals surface area (Å²) in [5.74, 6) is -0.394. The average molecular weight is 440 g/mol. The zero-order valence-corrected chi connectivity index (χ0v) is 17.7. The molecule has 7 heteroatoms. The number of hydrogen-bond acceptors (Lipinski definition) is 4. The first-order valence-electron chi connectivity index (χ1n) is 10.3. The van der Waals surface area contributed by atoms with E-state index in [0.717, 1.165) is 36.6 Å². The smallest absolute Gasteiger partial charge is 0.303 e. The lowest BCUT2D eigenvalue weighted by Crippen LogP contribution is -2.26. The quantitative estimate of drug-likeness (QED) is 0.502. The van der Waals surface area contributed by atoms with Crippen LogP contribution in [0.1, 0.15) is 29.7 Å². The number of carboxylic acid groups (broad SMARTS) is 1. The molecule has 1 aromatic heterocycles. The van der Waals surface area contributed by atoms with Crippen LogP contribution in [0.15, 0.2) is 54.6 Å². The van der Waals surface area contributed by atoms with Gasteiger partial charge in [0.2, 0.25) is 0 Å². The molecule has 0 fully saturated rings. The van der Waals surface area contributed by atoms with Crippen molar-refractivity contribution in [3.63, 3.8) is 0 Å². The van der Waals surface area contributed by atoms with Crippen molar-refractivity contribution in [1.29, 1.82) is 0 Å². The van der Waals surface area contributed by atoms with Crippen LogP contribution in [0.3, 0.4) is 0 Å². The summed E-state index contributed by atoms with van der Waals surface area (Å²) in [6.07, 6.45) is 2.13. The van der Waals surface area contributed by atoms with Gasteiger partial charge in [-0.05, 0) is 72.9 Å². The minimum Gasteiger partial charge on any atom is -0.481 e. The van der Waals surface area contributed by atoms with Crippen LogP contribution in [0.25, 0.3) is 0 Å². The maximum Gasteiger partial charge on any atom is 0.303 e. The van der Waals surface area contributed by atoms with Crippen molar-refractivity contribution in [1.82, 2.24) is 4.98 Å². The molecule has 0 saturated carbocycles. The lowest BCUT2D eigenvalue weighted by molar-refractivity contribution is -0.136. The molecule has 2 heterocycles. The number of aliphatic carboxylic acids is 1. The number of carboxylic acids is 1. The van der Waals surface area contributed by atoms with Gasteiger partial charge < -0.3 is 15.3 Å². The second-order valence-corrected chi connectivity index (χ2v) is 8.01. The maximum atomic E-state index is 14.3. The first kappa shape index (κ1) is 21.1. The number of hydrogen-bond donors (Lipinski definition) is 2. The predicted molar refractivity (Wildman–Crippen MR) is 121 cm³/mol. The van der Waals surface area contributed by atoms with E-state index in [4.69, 9.17) is 21.7 Å². The molecule has 1 aliphatic rings. The normalized spacial score (nSPS) is 13.0. The van der Waals surface area contributed by atoms with E-state index in [1.54, 1.807) is 12.1 Å². The molecule has 0 saturated heterocycles. The third-order valence-corrected chi connectivity index (χ3v) is 5.62. The number of rotatable bonds is 7. The number of carbonyl (C=O) groups is 1. The first-order valence-corrected chi connectivity index (χ1v) is 10.6. The Morgan fingerprint density at radius 1 is 1.16 bits per heavy atom. The molecule has 31 heavy (non-hydrogen) atoms. The number of benzene rings is 2. The van der Waals surface area contributed by atoms with E-state index in [0.29, 0.717) is 22.8 Å². The molecule has 3 aromatic rings. The van der Waals surface area contributed by atoms with E-state index in [9.17, 15) is 9.18 Å². The molecule has 1 aliphatic heterocycles. The standard InChI is InChI=1S/C24H23ClFN3O2/c25-18-6-10-21(11-7-18)29-13-1-2-17-4-9-20(28-24(17)29)15-27-19-8-3-16(22(26)14-19)5-12-23(30)31/h3-4,6-11,14,27H,1-2,5,12-13,15H2,(H,30,31). The number of fused-ring (bicyclic) bond motifs is 1. The Kier molecular flexibility index (Phi) is 6.37. The molecule has 0 spiro atoms. The fourth-order valence-corrected chi connectivity index (χ4v) is 3.87. The maximum absolute atomic E-state index is 14.3. The molecule has 0 unspecified atom stereocenters. The van der Waals surface area contributed by atoms with Crippen molar-refractivity contribution < 1.29 is 14.3 Å². The lowest BCUT2D eigenvalue weighted by Gasteiger charge is -2.30. The third kappa shape index (κ3) is 5.14. The van der Waals surface area contributed by atoms with E-state index in [1.807, 2.05) is 30.3 Å². The molecule has 0 aliphatic carbocycles. The van der Waals surface area contributed by atoms with Crippen LogP contribution < -0.4 is 10.2 Å². The summed E-state index contributed by atoms with van der Waals surface area (Å²) in [5.41, 5.74) is 4.15. The monoisotopic (exact) mass is 439 g/mol. The number of nitrogens with zero attached hydrogens (tertiary/aromatic N) is 2. The van der Waals surface area contributed by atoms with Crippen molar-refractivity contribution >= 4 is 34.8 Å². The molecular formula is C24H23ClFN3O2. The average Bonchev–Trinajstić information content (AvgIpc) is 2.77. The van der Waals surface area contributed by atoms with Gasteiger partial charge in [-0.25, -0.2) is 9.37 Å². The van der Waals surface area contributed by atoms with Crippen LogP contribution >= 0.6 is 11.6 Å². The molecule has 0 amide bonds. The highest BCUT2D eigenvalue weighted by molar-refractivity contribution is 6.30. The highest BCUT2D eigenvalue weighted by Gasteiger charge is 2.20. The molecule has 0 radical (unpaired) electrons. The second kappa shape index (κ2) is 9.35. The van der Waals surface area contributed by atoms with Crippen LogP contribution in [0.2, 0.25) is 5.02 Å². The lowest BCUT2D eigenvalue weighted by atomic mass is 10.0. The Morgan fingerprint density at radius 3 is 2.71 bits per heavy atom. The van der Waals surface area contributed by atoms with Crippen molar-refractivity contribution in [2.24, 2.45) is 0 Å². The minimum atomic E-state index is -0.937. The van der Waals surface area contributed by atoms with Gasteiger partial charge in [0.25, 0.3) is 0 Å². The fourth-order valence-electron chi connectivity index (χ4n) is 3.74. The van der Waals surface area contributed by atoms with Gasteiger partial charge in [-0.2, -0.15) is 0 Å². The Balaban J connectivity index is 1.48. The summed E-state index contributed by atoms with van der Waals surface area (Å²) in [4.78, 5) is 17.8. The number of anilines is 3. The molecule has 160 valence electrons. The summed E-state index contributed by atoms with van der Waals surface area (Å²) < 4.78 is 14.3. The second-order valence-electron chi connectivity index (χ2n) is 7.57. The highest BCUT2D eigenvalue weighted by Crippen LogP contribution is 2.32. The molecule has 2 aromatic carbocycles. The van der Waals surface area contributed by atoms with E-state index in [1.165, 1.54) is 11.6 Å². The summed E-state index contributed by atoms with van der Waals surface area (Å²) in [7, 11) is 0. The summed E-state index contributed by atoms with van der Waals surface area (Å²) in [6, 6.07) is 16.6. The van der Waals surface area contributed by atoms with Crippen LogP contribution in [-0.2, 0) is 24.2 Å². The molecule has 0 atom stereocenters. The molecule has 4 rings (SSSR count). The summed E-state index contributed by atoms with van der Waals surface area (Å²) in [5, 5.41) is 12.7. The number of nitrogens with one attached hydrogen (secondary N) is 1. The molecule has 0 bridgehead atoms. The van der Waals surface area contributed by atoms with E-state index >= 15 is 0 Å². The molecule has 5 nitrogen and oxygen atoms in total. The Hall–Kier alpha value is -3.12. The van der Waals surface area contributed by atoms with E-state index in [2.05, 4.69) is 16.3 Å². The largest absolute Gasteiger partial charge is 0.481 e. The van der Waals surface area contributed by atoms with Gasteiger partial charge in [0.05, 0.1) is 12.2 Å². The van der Waals surface area contributed by atoms with Gasteiger partial charge >= 0.3 is 5.97 Å². The SMILES string of the molecule is O=C(O)CCc1ccc(NCc2ccc3c(n2)N(c2ccc(Cl)cc2)CCC3)cc1F. The third-order valence-electron chi connectivity index (χ3n) is 5.37. The Bertz CT molecular complexity index is 1090. The van der Waals surface area contributed by atoms with E-state index < -0.39 is 11.8 Å². The Morgan fingerprint density at radius 2 is 1.97 bits per heavy atom. The first-order chi connectivity index (χ1) is 15.0. The van der Waals surface area contributed by atoms with Gasteiger partial charge in [-0.15, -0.1) is 0 Å². The Labute approximate surface area is 185 Å². The molecular weight excluding hydrogens is 417 g/mol. The minimum absolute atomic E-state index is 0.0904. The summed E-state index contributed by atoms with van der Waals surface area (Å²) >= 11 is 6.03. The van der Waals surface area contributed by atoms with Gasteiger partial charge in [0, 0.05) is 29.4 Å². The zero-order valence-electron chi connectivity index (χ0n) is 16.9. The van der Waals surface area contributed by atoms with Gasteiger partial charge in [0.1, 0.15) is 11.6 Å². The van der Waals surface area contributed by atoms with Crippen molar-refractivity contribution in [3.8, 4) is 0 Å². The topological polar surface area (TPSA) is 65.5 Å². The van der Waals surface area contributed by atoms with Crippen LogP contribution in [0.5, 0.6) is 0 Å². The number of aromatic nitrogens is 1. The van der Waals surface area contributed by atoms with Crippen LogP contribution in [0.4, 0.5) is 21.6 Å². The number of halogens is 2. The van der Waals surface area contributed by atoms with Gasteiger partial charge in [-0.1, -0.05) is 23.7 Å². The highest BCUT2D eigenvalue weighted by atomic mass is 35.5. The van der Waals surface area contributed by atoms with Crippen LogP contribution in [0, 0.1) is 5.82 Å². The van der Waals surface area contributed by atoms with Gasteiger partial charge in [0.15, 0.2) is 0 Å². The van der Waals surface area contributed by atoms with E-state index in [-0.39, 0.29) is 12.8 Å².